The first kappa shape index (κ1) is 33.2. The van der Waals surface area contributed by atoms with Crippen molar-refractivity contribution in [2.75, 3.05) is 6.61 Å². The molecule has 0 aromatic carbocycles. The van der Waals surface area contributed by atoms with Gasteiger partial charge in [0.15, 0.2) is 12.2 Å². The van der Waals surface area contributed by atoms with Gasteiger partial charge in [0.05, 0.1) is 12.7 Å². The van der Waals surface area contributed by atoms with Gasteiger partial charge >= 0.3 is 18.0 Å². The molecule has 6 unspecified atom stereocenters. The Morgan fingerprint density at radius 1 is 1.07 bits per heavy atom. The van der Waals surface area contributed by atoms with Crippen LogP contribution in [0.2, 0.25) is 0 Å². The maximum atomic E-state index is 12.8. The van der Waals surface area contributed by atoms with Gasteiger partial charge in [-0.15, -0.1) is 0 Å². The van der Waals surface area contributed by atoms with Gasteiger partial charge in [-0.2, -0.15) is 0 Å². The fourth-order valence-electron chi connectivity index (χ4n) is 5.18. The lowest BCUT2D eigenvalue weighted by Gasteiger charge is -2.24. The van der Waals surface area contributed by atoms with E-state index in [9.17, 15) is 14.4 Å². The number of ether oxygens (including phenoxy) is 5. The second kappa shape index (κ2) is 16.4. The number of epoxide rings is 2. The Balaban J connectivity index is 1.38. The number of hydrogen-bond donors (Lipinski definition) is 1. The van der Waals surface area contributed by atoms with E-state index in [0.717, 1.165) is 31.3 Å². The molecular weight excluding hydrogens is 568 g/mol. The summed E-state index contributed by atoms with van der Waals surface area (Å²) in [6.45, 7) is 6.23. The number of carbonyl (C=O) groups is 3. The standard InChI is InChI=1S/C33H44N2O9/c1-4-5-6-7-8-15-27(36)39-19-12-11-14-24-29(41-24)31-32(44-33(34)38)30-25(42-30)18-17-21(2)20-26-35-23(22(3)40-26)13-9-10-16-28(37)43-31/h9-11,13-14,16,20,24-25,29-32H,4-8,12,15,17-19H2,1-3H3,(H2,34,38)/b13-9+,14-11+,16-10?,21-20-. The molecule has 44 heavy (non-hydrogen) atoms. The van der Waals surface area contributed by atoms with E-state index in [4.69, 9.17) is 33.8 Å². The molecule has 4 rings (SSSR count). The third-order valence-electron chi connectivity index (χ3n) is 7.66. The molecule has 6 atom stereocenters. The topological polar surface area (TPSA) is 156 Å². The lowest BCUT2D eigenvalue weighted by Crippen LogP contribution is -2.44. The number of allylic oxidation sites excluding steroid dienone is 3. The number of nitrogens with two attached hydrogens (primary N) is 1. The highest BCUT2D eigenvalue weighted by Crippen LogP contribution is 2.39. The molecule has 2 N–H and O–H groups in total. The third kappa shape index (κ3) is 10.5. The number of primary amides is 1. The number of cyclic esters (lactones) is 1. The fourth-order valence-corrected chi connectivity index (χ4v) is 5.18. The summed E-state index contributed by atoms with van der Waals surface area (Å²) in [6, 6.07) is 0. The van der Waals surface area contributed by atoms with Crippen molar-refractivity contribution >= 4 is 30.2 Å². The first-order valence-electron chi connectivity index (χ1n) is 15.5. The maximum absolute atomic E-state index is 12.8. The number of esters is 2. The normalized spacial score (nSPS) is 28.7. The summed E-state index contributed by atoms with van der Waals surface area (Å²) in [6.07, 6.45) is 14.8. The minimum atomic E-state index is -1.000. The average Bonchev–Trinajstić information content (AvgIpc) is 3.89. The first-order valence-corrected chi connectivity index (χ1v) is 15.5. The van der Waals surface area contributed by atoms with Crippen LogP contribution in [0.25, 0.3) is 12.2 Å². The highest BCUT2D eigenvalue weighted by Gasteiger charge is 2.58. The van der Waals surface area contributed by atoms with Crippen LogP contribution in [0.3, 0.4) is 0 Å². The smallest absolute Gasteiger partial charge is 0.405 e. The van der Waals surface area contributed by atoms with Gasteiger partial charge in [0.25, 0.3) is 0 Å². The Morgan fingerprint density at radius 2 is 1.86 bits per heavy atom. The van der Waals surface area contributed by atoms with Crippen LogP contribution in [0.15, 0.2) is 40.4 Å². The van der Waals surface area contributed by atoms with Gasteiger partial charge in [-0.1, -0.05) is 62.5 Å². The molecule has 0 saturated carbocycles. The van der Waals surface area contributed by atoms with Gasteiger partial charge in [0.2, 0.25) is 5.89 Å². The van der Waals surface area contributed by atoms with E-state index in [1.807, 2.05) is 32.1 Å². The van der Waals surface area contributed by atoms with Crippen LogP contribution >= 0.6 is 0 Å². The first-order chi connectivity index (χ1) is 21.2. The monoisotopic (exact) mass is 612 g/mol. The molecule has 240 valence electrons. The average molecular weight is 613 g/mol. The zero-order chi connectivity index (χ0) is 31.5. The quantitative estimate of drug-likeness (QED) is 0.105. The number of unbranched alkanes of at least 4 members (excludes halogenated alkanes) is 4. The summed E-state index contributed by atoms with van der Waals surface area (Å²) >= 11 is 0. The van der Waals surface area contributed by atoms with E-state index in [0.29, 0.717) is 43.0 Å². The Labute approximate surface area is 258 Å². The molecule has 0 radical (unpaired) electrons. The number of oxazole rings is 1. The number of aromatic nitrogens is 1. The van der Waals surface area contributed by atoms with E-state index in [-0.39, 0.29) is 24.8 Å². The number of hydrogen-bond acceptors (Lipinski definition) is 10. The van der Waals surface area contributed by atoms with Crippen molar-refractivity contribution < 1.29 is 42.5 Å². The van der Waals surface area contributed by atoms with E-state index < -0.39 is 36.5 Å². The summed E-state index contributed by atoms with van der Waals surface area (Å²) in [7, 11) is 0. The van der Waals surface area contributed by atoms with Crippen LogP contribution < -0.4 is 5.73 Å². The van der Waals surface area contributed by atoms with Crippen LogP contribution in [0.4, 0.5) is 4.79 Å². The fraction of sp³-hybridized carbons (Fsp3) is 0.576. The van der Waals surface area contributed by atoms with E-state index in [1.54, 1.807) is 12.2 Å². The van der Waals surface area contributed by atoms with Crippen LogP contribution in [0, 0.1) is 6.92 Å². The highest BCUT2D eigenvalue weighted by molar-refractivity contribution is 5.82. The van der Waals surface area contributed by atoms with Gasteiger partial charge < -0.3 is 33.8 Å². The van der Waals surface area contributed by atoms with Gasteiger partial charge in [0.1, 0.15) is 29.8 Å². The van der Waals surface area contributed by atoms with Crippen molar-refractivity contribution in [3.63, 3.8) is 0 Å². The van der Waals surface area contributed by atoms with Crippen molar-refractivity contribution in [2.24, 2.45) is 5.73 Å². The highest BCUT2D eigenvalue weighted by atomic mass is 16.7. The summed E-state index contributed by atoms with van der Waals surface area (Å²) in [4.78, 5) is 41.2. The molecule has 2 saturated heterocycles. The van der Waals surface area contributed by atoms with Crippen molar-refractivity contribution in [1.82, 2.24) is 4.98 Å². The second-order valence-corrected chi connectivity index (χ2v) is 11.4. The Hall–Kier alpha value is -3.70. The maximum Gasteiger partial charge on any atom is 0.405 e. The Bertz CT molecular complexity index is 1260. The number of nitrogens with zero attached hydrogens (tertiary/aromatic N) is 1. The van der Waals surface area contributed by atoms with Crippen LogP contribution in [0.1, 0.15) is 89.0 Å². The Kier molecular flexibility index (Phi) is 12.4. The van der Waals surface area contributed by atoms with Crippen molar-refractivity contribution in [3.05, 3.63) is 53.3 Å². The Morgan fingerprint density at radius 3 is 2.66 bits per heavy atom. The molecule has 0 spiro atoms. The lowest BCUT2D eigenvalue weighted by molar-refractivity contribution is -0.151. The number of rotatable bonds is 12. The minimum Gasteiger partial charge on any atom is -0.465 e. The predicted octanol–water partition coefficient (Wildman–Crippen LogP) is 5.51. The van der Waals surface area contributed by atoms with Crippen molar-refractivity contribution in [1.29, 1.82) is 0 Å². The van der Waals surface area contributed by atoms with E-state index in [2.05, 4.69) is 11.9 Å². The molecule has 2 bridgehead atoms. The summed E-state index contributed by atoms with van der Waals surface area (Å²) in [5.74, 6) is 0.324. The molecule has 3 aliphatic rings. The largest absolute Gasteiger partial charge is 0.465 e. The SMILES string of the molecule is CCCCCCCC(=O)OCC/C=C/C1OC1C1OC(=O)C=C/C=C/c2nc(oc2C)/C=C(/C)CCC2OC2C1OC(N)=O. The molecule has 0 aliphatic carbocycles. The molecule has 1 amide bonds. The molecule has 4 heterocycles. The van der Waals surface area contributed by atoms with Crippen LogP contribution in [-0.4, -0.2) is 66.2 Å². The summed E-state index contributed by atoms with van der Waals surface area (Å²) in [5, 5.41) is 0. The zero-order valence-electron chi connectivity index (χ0n) is 25.8. The molecule has 1 aromatic heterocycles. The zero-order valence-corrected chi connectivity index (χ0v) is 25.8. The van der Waals surface area contributed by atoms with Gasteiger partial charge in [-0.3, -0.25) is 4.79 Å². The number of aryl methyl sites for hydroxylation is 1. The van der Waals surface area contributed by atoms with Crippen molar-refractivity contribution in [3.8, 4) is 0 Å². The van der Waals surface area contributed by atoms with Crippen LogP contribution in [0.5, 0.6) is 0 Å². The predicted molar refractivity (Wildman–Crippen MR) is 162 cm³/mol. The summed E-state index contributed by atoms with van der Waals surface area (Å²) in [5.41, 5.74) is 7.11. The van der Waals surface area contributed by atoms with E-state index >= 15 is 0 Å². The van der Waals surface area contributed by atoms with E-state index in [1.165, 1.54) is 18.6 Å². The number of carbonyl (C=O) groups excluding carboxylic acids is 3. The molecular formula is C33H44N2O9. The molecule has 2 fully saturated rings. The summed E-state index contributed by atoms with van der Waals surface area (Å²) < 4.78 is 34.0. The van der Waals surface area contributed by atoms with Gasteiger partial charge in [-0.25, -0.2) is 14.6 Å². The van der Waals surface area contributed by atoms with Gasteiger partial charge in [-0.05, 0) is 51.7 Å². The van der Waals surface area contributed by atoms with Crippen molar-refractivity contribution in [2.45, 2.75) is 115 Å². The number of fused-ring (bicyclic) bond motifs is 3. The minimum absolute atomic E-state index is 0.191. The van der Waals surface area contributed by atoms with Gasteiger partial charge in [0, 0.05) is 12.5 Å². The lowest BCUT2D eigenvalue weighted by atomic mass is 10.00. The molecule has 11 nitrogen and oxygen atoms in total. The number of amides is 1. The third-order valence-corrected chi connectivity index (χ3v) is 7.66. The molecule has 1 aromatic rings. The molecule has 11 heteroatoms. The second-order valence-electron chi connectivity index (χ2n) is 11.4. The molecule has 3 aliphatic heterocycles. The van der Waals surface area contributed by atoms with Crippen LogP contribution in [-0.2, 0) is 33.3 Å².